The molecule has 1 aromatic rings. The van der Waals surface area contributed by atoms with E-state index in [4.69, 9.17) is 0 Å². The van der Waals surface area contributed by atoms with Crippen molar-refractivity contribution in [1.82, 2.24) is 5.06 Å². The lowest BCUT2D eigenvalue weighted by Crippen LogP contribution is -2.25. The molecule has 1 amide bonds. The van der Waals surface area contributed by atoms with Crippen molar-refractivity contribution >= 4 is 23.3 Å². The van der Waals surface area contributed by atoms with E-state index in [0.717, 1.165) is 16.0 Å². The standard InChI is InChI=1S/C11H12FNO2S/c1-13(15-2)11(14)10(12)7-3-5-9-6-4-8-16-9/h3-8H,1-2H3/b5-3+,10-7-. The molecule has 5 heteroatoms. The summed E-state index contributed by atoms with van der Waals surface area (Å²) in [7, 11) is 2.64. The molecule has 0 atom stereocenters. The molecule has 1 rings (SSSR count). The van der Waals surface area contributed by atoms with E-state index in [1.807, 2.05) is 17.5 Å². The number of carbonyl (C=O) groups is 1. The first-order valence-corrected chi connectivity index (χ1v) is 5.42. The van der Waals surface area contributed by atoms with Gasteiger partial charge in [-0.2, -0.15) is 0 Å². The third kappa shape index (κ3) is 3.60. The van der Waals surface area contributed by atoms with Crippen molar-refractivity contribution in [3.05, 3.63) is 40.4 Å². The third-order valence-corrected chi connectivity index (χ3v) is 2.65. The van der Waals surface area contributed by atoms with E-state index in [0.29, 0.717) is 0 Å². The molecule has 0 fully saturated rings. The Morgan fingerprint density at radius 3 is 2.94 bits per heavy atom. The minimum Gasteiger partial charge on any atom is -0.274 e. The number of allylic oxidation sites excluding steroid dienone is 2. The molecule has 0 bridgehead atoms. The molecule has 1 aromatic heterocycles. The van der Waals surface area contributed by atoms with E-state index in [1.165, 1.54) is 31.6 Å². The zero-order valence-corrected chi connectivity index (χ0v) is 9.83. The lowest BCUT2D eigenvalue weighted by Gasteiger charge is -2.11. The highest BCUT2D eigenvalue weighted by atomic mass is 32.1. The Balaban J connectivity index is 2.60. The molecule has 0 saturated carbocycles. The number of rotatable bonds is 4. The van der Waals surface area contributed by atoms with Crippen LogP contribution in [0.15, 0.2) is 35.5 Å². The average Bonchev–Trinajstić information content (AvgIpc) is 2.79. The van der Waals surface area contributed by atoms with Crippen molar-refractivity contribution in [2.75, 3.05) is 14.2 Å². The number of amides is 1. The zero-order valence-electron chi connectivity index (χ0n) is 9.01. The summed E-state index contributed by atoms with van der Waals surface area (Å²) in [6.45, 7) is 0. The van der Waals surface area contributed by atoms with Gasteiger partial charge in [0.15, 0.2) is 5.83 Å². The van der Waals surface area contributed by atoms with E-state index in [1.54, 1.807) is 6.08 Å². The molecule has 0 aliphatic rings. The number of nitrogens with zero attached hydrogens (tertiary/aromatic N) is 1. The molecule has 1 heterocycles. The van der Waals surface area contributed by atoms with Crippen LogP contribution in [0.2, 0.25) is 0 Å². The van der Waals surface area contributed by atoms with Crippen LogP contribution < -0.4 is 0 Å². The molecule has 86 valence electrons. The quantitative estimate of drug-likeness (QED) is 0.461. The molecule has 16 heavy (non-hydrogen) atoms. The van der Waals surface area contributed by atoms with Gasteiger partial charge in [0, 0.05) is 11.9 Å². The maximum absolute atomic E-state index is 13.2. The van der Waals surface area contributed by atoms with Gasteiger partial charge >= 0.3 is 5.91 Å². The first-order chi connectivity index (χ1) is 7.65. The van der Waals surface area contributed by atoms with Crippen LogP contribution in [0.4, 0.5) is 4.39 Å². The Morgan fingerprint density at radius 2 is 2.38 bits per heavy atom. The fraction of sp³-hybridized carbons (Fsp3) is 0.182. The van der Waals surface area contributed by atoms with Crippen molar-refractivity contribution in [1.29, 1.82) is 0 Å². The second-order valence-corrected chi connectivity index (χ2v) is 3.85. The van der Waals surface area contributed by atoms with Crippen molar-refractivity contribution in [3.8, 4) is 0 Å². The molecule has 0 spiro atoms. The van der Waals surface area contributed by atoms with Gasteiger partial charge in [0.2, 0.25) is 0 Å². The number of hydroxylamine groups is 2. The van der Waals surface area contributed by atoms with E-state index >= 15 is 0 Å². The number of hydrogen-bond donors (Lipinski definition) is 0. The lowest BCUT2D eigenvalue weighted by molar-refractivity contribution is -0.165. The van der Waals surface area contributed by atoms with Crippen LogP contribution in [0.1, 0.15) is 4.88 Å². The first-order valence-electron chi connectivity index (χ1n) is 4.54. The fourth-order valence-corrected chi connectivity index (χ4v) is 1.55. The maximum atomic E-state index is 13.2. The van der Waals surface area contributed by atoms with Crippen molar-refractivity contribution in [2.24, 2.45) is 0 Å². The van der Waals surface area contributed by atoms with Gasteiger partial charge in [-0.25, -0.2) is 9.45 Å². The van der Waals surface area contributed by atoms with Gasteiger partial charge < -0.3 is 0 Å². The number of likely N-dealkylation sites (N-methyl/N-ethyl adjacent to an activating group) is 1. The van der Waals surface area contributed by atoms with E-state index in [2.05, 4.69) is 4.84 Å². The second kappa shape index (κ2) is 6.19. The summed E-state index contributed by atoms with van der Waals surface area (Å²) in [5.74, 6) is -1.67. The monoisotopic (exact) mass is 241 g/mol. The van der Waals surface area contributed by atoms with Crippen LogP contribution in [0.3, 0.4) is 0 Å². The normalized spacial score (nSPS) is 12.1. The molecule has 3 nitrogen and oxygen atoms in total. The summed E-state index contributed by atoms with van der Waals surface area (Å²) in [6, 6.07) is 3.80. The van der Waals surface area contributed by atoms with E-state index < -0.39 is 11.7 Å². The number of hydrogen-bond acceptors (Lipinski definition) is 3. The summed E-state index contributed by atoms with van der Waals surface area (Å²) >= 11 is 1.54. The largest absolute Gasteiger partial charge is 0.305 e. The van der Waals surface area contributed by atoms with Crippen LogP contribution in [0.5, 0.6) is 0 Å². The van der Waals surface area contributed by atoms with Crippen molar-refractivity contribution in [2.45, 2.75) is 0 Å². The minimum absolute atomic E-state index is 0.807. The van der Waals surface area contributed by atoms with Crippen LogP contribution in [-0.4, -0.2) is 25.1 Å². The van der Waals surface area contributed by atoms with E-state index in [9.17, 15) is 9.18 Å². The Kier molecular flexibility index (Phi) is 4.88. The lowest BCUT2D eigenvalue weighted by atomic mass is 10.3. The summed E-state index contributed by atoms with van der Waals surface area (Å²) in [4.78, 5) is 16.8. The molecule has 0 N–H and O–H groups in total. The SMILES string of the molecule is CON(C)C(=O)/C(F)=C/C=C/c1cccs1. The second-order valence-electron chi connectivity index (χ2n) is 2.87. The predicted octanol–water partition coefficient (Wildman–Crippen LogP) is 2.63. The Hall–Kier alpha value is -1.46. The fourth-order valence-electron chi connectivity index (χ4n) is 0.918. The molecule has 0 aliphatic carbocycles. The van der Waals surface area contributed by atoms with Gasteiger partial charge in [-0.1, -0.05) is 12.1 Å². The average molecular weight is 241 g/mol. The highest BCUT2D eigenvalue weighted by Crippen LogP contribution is 2.11. The van der Waals surface area contributed by atoms with Gasteiger partial charge in [0.05, 0.1) is 7.11 Å². The smallest absolute Gasteiger partial charge is 0.274 e. The number of thiophene rings is 1. The summed E-state index contributed by atoms with van der Waals surface area (Å²) in [5.41, 5.74) is 0. The van der Waals surface area contributed by atoms with Crippen LogP contribution >= 0.6 is 11.3 Å². The van der Waals surface area contributed by atoms with Crippen molar-refractivity contribution < 1.29 is 14.0 Å². The van der Waals surface area contributed by atoms with Gasteiger partial charge in [-0.15, -0.1) is 11.3 Å². The molecule has 0 unspecified atom stereocenters. The first kappa shape index (κ1) is 12.6. The van der Waals surface area contributed by atoms with Crippen molar-refractivity contribution in [3.63, 3.8) is 0 Å². The topological polar surface area (TPSA) is 29.5 Å². The summed E-state index contributed by atoms with van der Waals surface area (Å²) in [5, 5.41) is 2.74. The molecular formula is C11H12FNO2S. The maximum Gasteiger partial charge on any atom is 0.305 e. The molecule has 0 aromatic carbocycles. The van der Waals surface area contributed by atoms with Crippen LogP contribution in [-0.2, 0) is 9.63 Å². The molecule has 0 aliphatic heterocycles. The van der Waals surface area contributed by atoms with Crippen LogP contribution in [0, 0.1) is 0 Å². The molecule has 0 saturated heterocycles. The predicted molar refractivity (Wildman–Crippen MR) is 62.3 cm³/mol. The Morgan fingerprint density at radius 1 is 1.62 bits per heavy atom. The van der Waals surface area contributed by atoms with Gasteiger partial charge in [-0.05, 0) is 23.6 Å². The minimum atomic E-state index is -0.864. The molecular weight excluding hydrogens is 229 g/mol. The Labute approximate surface area is 97.4 Å². The van der Waals surface area contributed by atoms with Crippen LogP contribution in [0.25, 0.3) is 6.08 Å². The van der Waals surface area contributed by atoms with Gasteiger partial charge in [-0.3, -0.25) is 9.63 Å². The summed E-state index contributed by atoms with van der Waals surface area (Å²) < 4.78 is 13.2. The highest BCUT2D eigenvalue weighted by molar-refractivity contribution is 7.10. The number of carbonyl (C=O) groups excluding carboxylic acids is 1. The van der Waals surface area contributed by atoms with Gasteiger partial charge in [0.25, 0.3) is 0 Å². The highest BCUT2D eigenvalue weighted by Gasteiger charge is 2.12. The van der Waals surface area contributed by atoms with E-state index in [-0.39, 0.29) is 0 Å². The number of halogens is 1. The Bertz CT molecular complexity index is 398. The molecule has 0 radical (unpaired) electrons. The zero-order chi connectivity index (χ0) is 12.0. The van der Waals surface area contributed by atoms with Gasteiger partial charge in [0.1, 0.15) is 0 Å². The summed E-state index contributed by atoms with van der Waals surface area (Å²) in [6.07, 6.45) is 4.32. The third-order valence-electron chi connectivity index (χ3n) is 1.81.